The summed E-state index contributed by atoms with van der Waals surface area (Å²) in [6, 6.07) is 3.58. The standard InChI is InChI=1S/C11H8BrF4N3O/c1-10(17,11(14,15)16)9-18-8(19-20-9)6-3-2-5(13)4-7(6)12/h2-4H,17H2,1H3. The third kappa shape index (κ3) is 2.55. The molecule has 1 aromatic carbocycles. The molecule has 0 saturated carbocycles. The Kier molecular flexibility index (Phi) is 3.59. The molecule has 0 radical (unpaired) electrons. The van der Waals surface area contributed by atoms with Gasteiger partial charge in [-0.2, -0.15) is 18.2 Å². The molecule has 0 saturated heterocycles. The van der Waals surface area contributed by atoms with Crippen LogP contribution in [0.5, 0.6) is 0 Å². The number of hydrogen-bond donors (Lipinski definition) is 1. The van der Waals surface area contributed by atoms with E-state index in [0.29, 0.717) is 5.56 Å². The predicted octanol–water partition coefficient (Wildman–Crippen LogP) is 3.37. The summed E-state index contributed by atoms with van der Waals surface area (Å²) in [4.78, 5) is 3.63. The molecule has 0 fully saturated rings. The van der Waals surface area contributed by atoms with Crippen molar-refractivity contribution in [2.24, 2.45) is 5.73 Å². The first-order valence-electron chi connectivity index (χ1n) is 5.28. The number of nitrogens with two attached hydrogens (primary N) is 1. The van der Waals surface area contributed by atoms with E-state index in [4.69, 9.17) is 5.73 Å². The Morgan fingerprint density at radius 2 is 1.95 bits per heavy atom. The molecule has 1 unspecified atom stereocenters. The van der Waals surface area contributed by atoms with Gasteiger partial charge in [0.1, 0.15) is 5.82 Å². The molecule has 0 aliphatic rings. The number of hydrogen-bond acceptors (Lipinski definition) is 4. The fraction of sp³-hybridized carbons (Fsp3) is 0.273. The van der Waals surface area contributed by atoms with Crippen molar-refractivity contribution in [3.63, 3.8) is 0 Å². The highest BCUT2D eigenvalue weighted by molar-refractivity contribution is 9.10. The van der Waals surface area contributed by atoms with Gasteiger partial charge in [0.2, 0.25) is 5.82 Å². The molecule has 20 heavy (non-hydrogen) atoms. The van der Waals surface area contributed by atoms with Crippen molar-refractivity contribution in [2.75, 3.05) is 0 Å². The van der Waals surface area contributed by atoms with Crippen molar-refractivity contribution in [2.45, 2.75) is 18.6 Å². The van der Waals surface area contributed by atoms with Crippen LogP contribution in [-0.2, 0) is 5.54 Å². The lowest BCUT2D eigenvalue weighted by Crippen LogP contribution is -2.47. The van der Waals surface area contributed by atoms with Crippen LogP contribution in [0.3, 0.4) is 0 Å². The lowest BCUT2D eigenvalue weighted by molar-refractivity contribution is -0.190. The second-order valence-electron chi connectivity index (χ2n) is 4.25. The molecular formula is C11H8BrF4N3O. The zero-order chi connectivity index (χ0) is 15.1. The molecule has 0 amide bonds. The van der Waals surface area contributed by atoms with Gasteiger partial charge in [0.05, 0.1) is 0 Å². The summed E-state index contributed by atoms with van der Waals surface area (Å²) in [5.74, 6) is -1.40. The maximum Gasteiger partial charge on any atom is 0.415 e. The van der Waals surface area contributed by atoms with Crippen LogP contribution in [0.1, 0.15) is 12.8 Å². The normalized spacial score (nSPS) is 15.2. The van der Waals surface area contributed by atoms with Gasteiger partial charge in [0, 0.05) is 10.0 Å². The Morgan fingerprint density at radius 1 is 1.30 bits per heavy atom. The third-order valence-electron chi connectivity index (χ3n) is 2.63. The van der Waals surface area contributed by atoms with Crippen LogP contribution in [0, 0.1) is 5.82 Å². The van der Waals surface area contributed by atoms with Crippen molar-refractivity contribution in [3.05, 3.63) is 34.4 Å². The van der Waals surface area contributed by atoms with Gasteiger partial charge in [-0.15, -0.1) is 0 Å². The number of rotatable bonds is 2. The Bertz CT molecular complexity index is 639. The van der Waals surface area contributed by atoms with E-state index in [0.717, 1.165) is 19.1 Å². The Morgan fingerprint density at radius 3 is 2.50 bits per heavy atom. The van der Waals surface area contributed by atoms with E-state index in [1.165, 1.54) is 6.07 Å². The van der Waals surface area contributed by atoms with Gasteiger partial charge in [-0.1, -0.05) is 5.16 Å². The van der Waals surface area contributed by atoms with Gasteiger partial charge in [0.15, 0.2) is 5.54 Å². The van der Waals surface area contributed by atoms with Crippen molar-refractivity contribution in [1.82, 2.24) is 10.1 Å². The van der Waals surface area contributed by atoms with Crippen LogP contribution in [-0.4, -0.2) is 16.3 Å². The van der Waals surface area contributed by atoms with Crippen molar-refractivity contribution in [3.8, 4) is 11.4 Å². The van der Waals surface area contributed by atoms with Crippen LogP contribution in [0.4, 0.5) is 17.6 Å². The minimum Gasteiger partial charge on any atom is -0.337 e. The number of alkyl halides is 3. The monoisotopic (exact) mass is 353 g/mol. The quantitative estimate of drug-likeness (QED) is 0.840. The van der Waals surface area contributed by atoms with Crippen LogP contribution in [0.25, 0.3) is 11.4 Å². The van der Waals surface area contributed by atoms with Crippen molar-refractivity contribution >= 4 is 15.9 Å². The number of halogens is 5. The molecule has 108 valence electrons. The van der Waals surface area contributed by atoms with Crippen molar-refractivity contribution in [1.29, 1.82) is 0 Å². The zero-order valence-corrected chi connectivity index (χ0v) is 11.6. The molecule has 1 atom stereocenters. The van der Waals surface area contributed by atoms with Crippen LogP contribution in [0.15, 0.2) is 27.2 Å². The number of nitrogens with zero attached hydrogens (tertiary/aromatic N) is 2. The van der Waals surface area contributed by atoms with E-state index in [2.05, 4.69) is 30.6 Å². The fourth-order valence-corrected chi connectivity index (χ4v) is 1.86. The first-order valence-corrected chi connectivity index (χ1v) is 6.07. The fourth-order valence-electron chi connectivity index (χ4n) is 1.34. The summed E-state index contributed by atoms with van der Waals surface area (Å²) in [5, 5.41) is 3.44. The maximum atomic E-state index is 13.0. The summed E-state index contributed by atoms with van der Waals surface area (Å²) in [6.45, 7) is 0.726. The minimum absolute atomic E-state index is 0.118. The third-order valence-corrected chi connectivity index (χ3v) is 3.29. The number of benzene rings is 1. The van der Waals surface area contributed by atoms with Crippen molar-refractivity contribution < 1.29 is 22.1 Å². The molecule has 2 N–H and O–H groups in total. The molecule has 9 heteroatoms. The topological polar surface area (TPSA) is 64.9 Å². The molecule has 0 aliphatic heterocycles. The molecule has 0 spiro atoms. The highest BCUT2D eigenvalue weighted by atomic mass is 79.9. The maximum absolute atomic E-state index is 13.0. The Labute approximate surface area is 119 Å². The van der Waals surface area contributed by atoms with E-state index >= 15 is 0 Å². The van der Waals surface area contributed by atoms with Gasteiger partial charge in [-0.3, -0.25) is 0 Å². The highest BCUT2D eigenvalue weighted by Crippen LogP contribution is 2.36. The first kappa shape index (κ1) is 14.9. The summed E-state index contributed by atoms with van der Waals surface area (Å²) in [6.07, 6.45) is -4.74. The van der Waals surface area contributed by atoms with E-state index < -0.39 is 23.4 Å². The average Bonchev–Trinajstić information content (AvgIpc) is 2.77. The summed E-state index contributed by atoms with van der Waals surface area (Å²) < 4.78 is 56.1. The van der Waals surface area contributed by atoms with Gasteiger partial charge < -0.3 is 10.3 Å². The Balaban J connectivity index is 2.44. The molecule has 4 nitrogen and oxygen atoms in total. The summed E-state index contributed by atoms with van der Waals surface area (Å²) in [7, 11) is 0. The SMILES string of the molecule is CC(N)(c1nc(-c2ccc(F)cc2Br)no1)C(F)(F)F. The minimum atomic E-state index is -4.74. The zero-order valence-electron chi connectivity index (χ0n) is 10.0. The van der Waals surface area contributed by atoms with E-state index in [9.17, 15) is 17.6 Å². The van der Waals surface area contributed by atoms with Crippen LogP contribution >= 0.6 is 15.9 Å². The lowest BCUT2D eigenvalue weighted by Gasteiger charge is -2.22. The molecule has 2 aromatic rings. The second kappa shape index (κ2) is 4.81. The van der Waals surface area contributed by atoms with Gasteiger partial charge >= 0.3 is 6.18 Å². The summed E-state index contributed by atoms with van der Waals surface area (Å²) >= 11 is 3.07. The first-order chi connectivity index (χ1) is 9.13. The molecule has 0 bridgehead atoms. The molecule has 0 aliphatic carbocycles. The molecular weight excluding hydrogens is 346 g/mol. The van der Waals surface area contributed by atoms with E-state index in [-0.39, 0.29) is 10.3 Å². The molecule has 1 aromatic heterocycles. The smallest absolute Gasteiger partial charge is 0.337 e. The van der Waals surface area contributed by atoms with E-state index in [1.807, 2.05) is 0 Å². The van der Waals surface area contributed by atoms with Gasteiger partial charge in [0.25, 0.3) is 5.89 Å². The van der Waals surface area contributed by atoms with Crippen LogP contribution in [0.2, 0.25) is 0 Å². The van der Waals surface area contributed by atoms with Gasteiger partial charge in [-0.25, -0.2) is 4.39 Å². The van der Waals surface area contributed by atoms with Gasteiger partial charge in [-0.05, 0) is 41.1 Å². The molecule has 2 rings (SSSR count). The van der Waals surface area contributed by atoms with Crippen LogP contribution < -0.4 is 5.73 Å². The largest absolute Gasteiger partial charge is 0.415 e. The number of aromatic nitrogens is 2. The highest BCUT2D eigenvalue weighted by Gasteiger charge is 2.53. The second-order valence-corrected chi connectivity index (χ2v) is 5.10. The summed E-state index contributed by atoms with van der Waals surface area (Å²) in [5.41, 5.74) is 2.71. The predicted molar refractivity (Wildman–Crippen MR) is 65.0 cm³/mol. The lowest BCUT2D eigenvalue weighted by atomic mass is 10.0. The molecule has 1 heterocycles. The van der Waals surface area contributed by atoms with E-state index in [1.54, 1.807) is 0 Å². The average molecular weight is 354 g/mol. The Hall–Kier alpha value is -1.48.